The van der Waals surface area contributed by atoms with Crippen molar-refractivity contribution in [2.45, 2.75) is 20.8 Å². The number of nitrogens with one attached hydrogen (secondary N) is 2. The zero-order valence-corrected chi connectivity index (χ0v) is 70.2. The lowest BCUT2D eigenvalue weighted by Gasteiger charge is -2.07. The molecule has 0 aliphatic heterocycles. The zero-order valence-electron chi connectivity index (χ0n) is 64.0. The third kappa shape index (κ3) is 20.8. The van der Waals surface area contributed by atoms with E-state index >= 15 is 0 Å². The average molecular weight is 1820 g/mol. The molecule has 624 valence electrons. The molecular weight excluding hydrogens is 1760 g/mol. The summed E-state index contributed by atoms with van der Waals surface area (Å²) < 4.78 is 6.69. The minimum absolute atomic E-state index is 0.0000335. The topological polar surface area (TPSA) is 624 Å². The molecule has 0 atom stereocenters. The summed E-state index contributed by atoms with van der Waals surface area (Å²) >= 11 is 38.5. The van der Waals surface area contributed by atoms with Gasteiger partial charge in [0, 0.05) is 45.3 Å². The second kappa shape index (κ2) is 38.5. The molecule has 18 rings (SSSR count). The van der Waals surface area contributed by atoms with E-state index in [1.165, 1.54) is 97.6 Å². The monoisotopic (exact) mass is 1820 g/mol. The van der Waals surface area contributed by atoms with Gasteiger partial charge < -0.3 is 69.5 Å². The van der Waals surface area contributed by atoms with Crippen molar-refractivity contribution in [1.82, 2.24) is 130 Å². The molecule has 0 radical (unpaired) electrons. The lowest BCUT2D eigenvalue weighted by molar-refractivity contribution is 0.475. The SMILES string of the molecule is Cc1nc(-c2nc(N)cnc2-c2ccc(O)c(Cl)c2)n[nH]1.Cc1nc(-c2nc(N)cnc2-c2ccc(O)c(Cl)c2)sc1C.Cn1cnc(-c2nc(N)cnc2-c2ccc(O)c(Cl)c2)n1.Nc1cnc(-c2ccc(O)c(Cl)c2)c(-c2ncn[nH]2)n1.Nc1cnc(-c2ccc(O)c(Cl)c2)c(-c2nnco2)n1.Nc1cnc(-c2ccc(O)c(Cl)c2)c(-c2nncs2)n1. The van der Waals surface area contributed by atoms with E-state index in [4.69, 9.17) is 108 Å². The molecule has 0 saturated carbocycles. The summed E-state index contributed by atoms with van der Waals surface area (Å²) in [6, 6.07) is 28.7. The van der Waals surface area contributed by atoms with Crippen LogP contribution >= 0.6 is 92.3 Å². The van der Waals surface area contributed by atoms with Gasteiger partial charge in [0.05, 0.1) is 90.1 Å². The van der Waals surface area contributed by atoms with Crippen LogP contribution in [0.5, 0.6) is 34.5 Å². The average Bonchev–Trinajstić information content (AvgIpc) is 1.55. The van der Waals surface area contributed by atoms with Crippen molar-refractivity contribution in [2.75, 3.05) is 34.4 Å². The second-order valence-corrected chi connectivity index (χ2v) is 29.9. The summed E-state index contributed by atoms with van der Waals surface area (Å²) in [5.74, 6) is 3.79. The number of hydrogen-bond acceptors (Lipinski definition) is 38. The Hall–Kier alpha value is -15.1. The number of halogens is 6. The van der Waals surface area contributed by atoms with Crippen LogP contribution in [0.1, 0.15) is 16.4 Å². The molecular formula is C77H60Cl6N32O7S2. The molecule has 0 aliphatic carbocycles. The molecule has 12 aromatic heterocycles. The number of aromatic hydroxyl groups is 6. The Morgan fingerprint density at radius 2 is 0.742 bits per heavy atom. The van der Waals surface area contributed by atoms with Gasteiger partial charge in [-0.3, -0.25) is 24.8 Å². The highest BCUT2D eigenvalue weighted by molar-refractivity contribution is 7.15. The van der Waals surface area contributed by atoms with E-state index < -0.39 is 0 Å². The van der Waals surface area contributed by atoms with Gasteiger partial charge in [-0.25, -0.2) is 69.8 Å². The molecule has 6 aromatic carbocycles. The second-order valence-electron chi connectivity index (χ2n) is 25.4. The highest BCUT2D eigenvalue weighted by Crippen LogP contribution is 2.41. The number of H-pyrrole nitrogens is 2. The number of benzene rings is 6. The van der Waals surface area contributed by atoms with Gasteiger partial charge >= 0.3 is 0 Å². The molecule has 0 spiro atoms. The van der Waals surface area contributed by atoms with Crippen molar-refractivity contribution in [3.05, 3.63) is 217 Å². The van der Waals surface area contributed by atoms with E-state index in [-0.39, 0.29) is 93.8 Å². The first-order chi connectivity index (χ1) is 59.5. The van der Waals surface area contributed by atoms with Gasteiger partial charge in [0.15, 0.2) is 16.5 Å². The van der Waals surface area contributed by atoms with Crippen LogP contribution in [-0.4, -0.2) is 161 Å². The first-order valence-electron chi connectivity index (χ1n) is 35.3. The summed E-state index contributed by atoms with van der Waals surface area (Å²) in [7, 11) is 1.76. The molecule has 47 heteroatoms. The number of hydrogen-bond donors (Lipinski definition) is 14. The fourth-order valence-electron chi connectivity index (χ4n) is 10.9. The van der Waals surface area contributed by atoms with E-state index in [2.05, 4.69) is 126 Å². The Morgan fingerprint density at radius 1 is 0.379 bits per heavy atom. The highest BCUT2D eigenvalue weighted by Gasteiger charge is 2.24. The summed E-state index contributed by atoms with van der Waals surface area (Å²) in [4.78, 5) is 69.3. The standard InChI is InChI=1S/C15H13ClN4OS.2C13H11ClN6O.C12H9ClN6O.C12H8ClN5O2.C12H8ClN5OS/c1-7-8(2)22-15(19-7)14-13(18-6-12(17)20-14)9-3-4-11(21)10(16)5-9;1-20-6-17-13(19-20)12-11(16-5-10(15)18-12)7-2-3-9(21)8(14)4-7;1-6-17-13(20-19-6)12-11(16-5-10(15)18-12)7-2-3-9(21)8(14)4-7;13-7-3-6(1-2-8(7)20)10-11(12-16-5-17-19-12)18-9(14)4-15-10;2*13-7-3-6(1-2-8(7)19)10-11(12-18-16-5-20-12)17-9(14)4-15-10/h3-6,21H,1-2H3,(H2,17,20);2-6,21H,1H3,(H2,15,18);2-5,21H,1H3,(H2,15,18)(H,17,19,20);1-5,20H,(H2,14,18)(H,16,17,19);2*1-5,19H,(H2,14,17). The van der Waals surface area contributed by atoms with Crippen LogP contribution in [0.15, 0.2) is 175 Å². The van der Waals surface area contributed by atoms with Crippen molar-refractivity contribution < 1.29 is 35.1 Å². The van der Waals surface area contributed by atoms with E-state index in [1.807, 2.05) is 13.8 Å². The van der Waals surface area contributed by atoms with Gasteiger partial charge in [-0.15, -0.1) is 36.8 Å². The van der Waals surface area contributed by atoms with E-state index in [1.54, 1.807) is 115 Å². The van der Waals surface area contributed by atoms with Crippen LogP contribution in [0.3, 0.4) is 0 Å². The first-order valence-corrected chi connectivity index (χ1v) is 39.2. The van der Waals surface area contributed by atoms with E-state index in [0.29, 0.717) is 136 Å². The number of aromatic amines is 2. The number of thiazole rings is 1. The van der Waals surface area contributed by atoms with E-state index in [0.717, 1.165) is 21.1 Å². The maximum Gasteiger partial charge on any atom is 0.268 e. The lowest BCUT2D eigenvalue weighted by atomic mass is 10.1. The normalized spacial score (nSPS) is 10.7. The Bertz CT molecular complexity index is 6410. The summed E-state index contributed by atoms with van der Waals surface area (Å²) in [6.45, 7) is 5.74. The number of phenolic OH excluding ortho intramolecular Hbond substituents is 6. The molecule has 12 heterocycles. The van der Waals surface area contributed by atoms with Crippen LogP contribution < -0.4 is 34.4 Å². The third-order valence-corrected chi connectivity index (χ3v) is 20.3. The first kappa shape index (κ1) is 86.7. The van der Waals surface area contributed by atoms with Gasteiger partial charge in [-0.05, 0) is 130 Å². The number of nitrogen functional groups attached to an aromatic ring is 6. The fourth-order valence-corrected chi connectivity index (χ4v) is 13.4. The minimum atomic E-state index is -0.0156. The molecule has 0 unspecified atom stereocenters. The predicted octanol–water partition coefficient (Wildman–Crippen LogP) is 14.5. The third-order valence-electron chi connectivity index (χ3n) is 16.7. The smallest absolute Gasteiger partial charge is 0.268 e. The van der Waals surface area contributed by atoms with Gasteiger partial charge in [0.2, 0.25) is 18.0 Å². The maximum absolute atomic E-state index is 9.56. The predicted molar refractivity (Wildman–Crippen MR) is 470 cm³/mol. The number of nitrogens with two attached hydrogens (primary N) is 6. The molecule has 0 aliphatic rings. The van der Waals surface area contributed by atoms with Gasteiger partial charge in [-0.2, -0.15) is 10.2 Å². The molecule has 20 N–H and O–H groups in total. The zero-order chi connectivity index (χ0) is 88.2. The largest absolute Gasteiger partial charge is 0.506 e. The number of phenols is 6. The molecule has 124 heavy (non-hydrogen) atoms. The van der Waals surface area contributed by atoms with Gasteiger partial charge in [0.1, 0.15) is 144 Å². The Balaban J connectivity index is 0.000000128. The van der Waals surface area contributed by atoms with Crippen molar-refractivity contribution >= 4 is 127 Å². The highest BCUT2D eigenvalue weighted by atomic mass is 35.5. The van der Waals surface area contributed by atoms with Crippen LogP contribution in [0.4, 0.5) is 34.9 Å². The van der Waals surface area contributed by atoms with Crippen LogP contribution in [0.2, 0.25) is 30.1 Å². The molecule has 0 saturated heterocycles. The number of aryl methyl sites for hydroxylation is 4. The molecule has 0 bridgehead atoms. The van der Waals surface area contributed by atoms with E-state index in [9.17, 15) is 30.6 Å². The van der Waals surface area contributed by atoms with Crippen molar-refractivity contribution in [1.29, 1.82) is 0 Å². The molecule has 0 fully saturated rings. The fraction of sp³-hybridized carbons (Fsp3) is 0.0519. The van der Waals surface area contributed by atoms with Gasteiger partial charge in [-0.1, -0.05) is 80.9 Å². The van der Waals surface area contributed by atoms with Crippen molar-refractivity contribution in [3.63, 3.8) is 0 Å². The van der Waals surface area contributed by atoms with Gasteiger partial charge in [0.25, 0.3) is 5.89 Å². The minimum Gasteiger partial charge on any atom is -0.506 e. The maximum atomic E-state index is 9.56. The molecule has 0 amide bonds. The number of rotatable bonds is 12. The number of aromatic nitrogens is 26. The quantitative estimate of drug-likeness (QED) is 0.0540. The van der Waals surface area contributed by atoms with Crippen molar-refractivity contribution in [3.8, 4) is 170 Å². The summed E-state index contributed by atoms with van der Waals surface area (Å²) in [5, 5.41) is 92.5. The molecule has 39 nitrogen and oxygen atoms in total. The van der Waals surface area contributed by atoms with Crippen LogP contribution in [0.25, 0.3) is 135 Å². The van der Waals surface area contributed by atoms with Crippen LogP contribution in [0, 0.1) is 20.8 Å². The Labute approximate surface area is 736 Å². The Kier molecular flexibility index (Phi) is 26.9. The Morgan fingerprint density at radius 3 is 1.06 bits per heavy atom. The lowest BCUT2D eigenvalue weighted by Crippen LogP contribution is -2.00. The number of nitrogens with zero attached hydrogens (tertiary/aromatic N) is 24. The van der Waals surface area contributed by atoms with Crippen LogP contribution in [-0.2, 0) is 7.05 Å². The summed E-state index contributed by atoms with van der Waals surface area (Å²) in [6.07, 6.45) is 12.8. The summed E-state index contributed by atoms with van der Waals surface area (Å²) in [5.41, 5.74) is 47.1. The van der Waals surface area contributed by atoms with Crippen molar-refractivity contribution in [2.24, 2.45) is 7.05 Å². The molecule has 18 aromatic rings. The number of anilines is 6.